The molecule has 2 rings (SSSR count). The molecule has 2 nitrogen and oxygen atoms in total. The van der Waals surface area contributed by atoms with Gasteiger partial charge in [-0.25, -0.2) is 0 Å². The first-order valence-corrected chi connectivity index (χ1v) is 5.80. The second-order valence-corrected chi connectivity index (χ2v) is 4.05. The van der Waals surface area contributed by atoms with E-state index in [2.05, 4.69) is 31.2 Å². The molecule has 0 aliphatic rings. The first-order valence-electron chi connectivity index (χ1n) is 5.80. The monoisotopic (exact) mass is 227 g/mol. The van der Waals surface area contributed by atoms with Gasteiger partial charge < -0.3 is 10.5 Å². The maximum atomic E-state index is 5.95. The van der Waals surface area contributed by atoms with E-state index in [1.165, 1.54) is 11.1 Å². The van der Waals surface area contributed by atoms with Crippen LogP contribution in [0.5, 0.6) is 5.75 Å². The third-order valence-corrected chi connectivity index (χ3v) is 2.69. The number of hydrogen-bond acceptors (Lipinski definition) is 2. The molecule has 2 heteroatoms. The summed E-state index contributed by atoms with van der Waals surface area (Å²) in [4.78, 5) is 0. The van der Waals surface area contributed by atoms with Gasteiger partial charge in [0, 0.05) is 0 Å². The van der Waals surface area contributed by atoms with Gasteiger partial charge in [0.05, 0.1) is 12.3 Å². The van der Waals surface area contributed by atoms with Crippen molar-refractivity contribution in [2.75, 3.05) is 12.3 Å². The summed E-state index contributed by atoms with van der Waals surface area (Å²) < 4.78 is 5.42. The van der Waals surface area contributed by atoms with Gasteiger partial charge in [0.2, 0.25) is 0 Å². The van der Waals surface area contributed by atoms with Gasteiger partial charge in [-0.3, -0.25) is 0 Å². The Balaban J connectivity index is 2.34. The fourth-order valence-electron chi connectivity index (χ4n) is 1.76. The molecule has 0 atom stereocenters. The SMILES string of the molecule is CCOc1ccc(-c2ccc(C)cc2)cc1N. The molecule has 0 bridgehead atoms. The molecule has 88 valence electrons. The predicted molar refractivity (Wildman–Crippen MR) is 72.2 cm³/mol. The van der Waals surface area contributed by atoms with Crippen LogP contribution >= 0.6 is 0 Å². The van der Waals surface area contributed by atoms with Crippen LogP contribution in [0.2, 0.25) is 0 Å². The summed E-state index contributed by atoms with van der Waals surface area (Å²) >= 11 is 0. The van der Waals surface area contributed by atoms with Crippen molar-refractivity contribution in [2.24, 2.45) is 0 Å². The average Bonchev–Trinajstić information content (AvgIpc) is 2.33. The average molecular weight is 227 g/mol. The van der Waals surface area contributed by atoms with E-state index in [0.717, 1.165) is 11.3 Å². The molecule has 0 heterocycles. The normalized spacial score (nSPS) is 10.2. The Morgan fingerprint density at radius 3 is 2.24 bits per heavy atom. The molecule has 0 unspecified atom stereocenters. The lowest BCUT2D eigenvalue weighted by atomic mass is 10.0. The predicted octanol–water partition coefficient (Wildman–Crippen LogP) is 3.64. The third-order valence-electron chi connectivity index (χ3n) is 2.69. The highest BCUT2D eigenvalue weighted by molar-refractivity contribution is 5.70. The van der Waals surface area contributed by atoms with Gasteiger partial charge in [0.15, 0.2) is 0 Å². The van der Waals surface area contributed by atoms with E-state index < -0.39 is 0 Å². The highest BCUT2D eigenvalue weighted by Gasteiger charge is 2.03. The van der Waals surface area contributed by atoms with Crippen LogP contribution in [0.3, 0.4) is 0 Å². The van der Waals surface area contributed by atoms with Gasteiger partial charge in [-0.15, -0.1) is 0 Å². The van der Waals surface area contributed by atoms with Crippen molar-refractivity contribution >= 4 is 5.69 Å². The fourth-order valence-corrected chi connectivity index (χ4v) is 1.76. The van der Waals surface area contributed by atoms with Gasteiger partial charge in [0.1, 0.15) is 5.75 Å². The molecule has 0 saturated carbocycles. The van der Waals surface area contributed by atoms with Crippen molar-refractivity contribution in [3.05, 3.63) is 48.0 Å². The van der Waals surface area contributed by atoms with Crippen LogP contribution in [-0.2, 0) is 0 Å². The van der Waals surface area contributed by atoms with Gasteiger partial charge in [0.25, 0.3) is 0 Å². The van der Waals surface area contributed by atoms with Crippen LogP contribution in [0.4, 0.5) is 5.69 Å². The Bertz CT molecular complexity index is 503. The lowest BCUT2D eigenvalue weighted by molar-refractivity contribution is 0.342. The van der Waals surface area contributed by atoms with Crippen molar-refractivity contribution in [3.63, 3.8) is 0 Å². The molecule has 2 aromatic carbocycles. The number of benzene rings is 2. The molecule has 0 amide bonds. The first-order chi connectivity index (χ1) is 8.20. The Hall–Kier alpha value is -1.96. The van der Waals surface area contributed by atoms with E-state index >= 15 is 0 Å². The summed E-state index contributed by atoms with van der Waals surface area (Å²) in [6, 6.07) is 14.3. The summed E-state index contributed by atoms with van der Waals surface area (Å²) in [5.41, 5.74) is 10.2. The van der Waals surface area contributed by atoms with E-state index in [0.29, 0.717) is 12.3 Å². The second kappa shape index (κ2) is 4.91. The highest BCUT2D eigenvalue weighted by atomic mass is 16.5. The quantitative estimate of drug-likeness (QED) is 0.812. The molecule has 2 aromatic rings. The van der Waals surface area contributed by atoms with E-state index in [9.17, 15) is 0 Å². The largest absolute Gasteiger partial charge is 0.492 e. The number of nitrogens with two attached hydrogens (primary N) is 1. The van der Waals surface area contributed by atoms with Crippen LogP contribution in [0.1, 0.15) is 12.5 Å². The topological polar surface area (TPSA) is 35.2 Å². The molecule has 0 fully saturated rings. The molecule has 0 aromatic heterocycles. The molecule has 0 saturated heterocycles. The molecule has 0 spiro atoms. The summed E-state index contributed by atoms with van der Waals surface area (Å²) in [6.45, 7) is 4.66. The van der Waals surface area contributed by atoms with Crippen molar-refractivity contribution < 1.29 is 4.74 Å². The van der Waals surface area contributed by atoms with E-state index in [4.69, 9.17) is 10.5 Å². The Kier molecular flexibility index (Phi) is 3.33. The van der Waals surface area contributed by atoms with E-state index in [-0.39, 0.29) is 0 Å². The third kappa shape index (κ3) is 2.59. The number of aryl methyl sites for hydroxylation is 1. The van der Waals surface area contributed by atoms with Crippen molar-refractivity contribution in [1.29, 1.82) is 0 Å². The summed E-state index contributed by atoms with van der Waals surface area (Å²) in [7, 11) is 0. The molecule has 2 N–H and O–H groups in total. The van der Waals surface area contributed by atoms with Gasteiger partial charge >= 0.3 is 0 Å². The van der Waals surface area contributed by atoms with Gasteiger partial charge in [-0.2, -0.15) is 0 Å². The minimum absolute atomic E-state index is 0.633. The van der Waals surface area contributed by atoms with Gasteiger partial charge in [-0.05, 0) is 37.1 Å². The molecular formula is C15H17NO. The minimum Gasteiger partial charge on any atom is -0.492 e. The highest BCUT2D eigenvalue weighted by Crippen LogP contribution is 2.28. The Morgan fingerprint density at radius 1 is 1.00 bits per heavy atom. The molecule has 17 heavy (non-hydrogen) atoms. The smallest absolute Gasteiger partial charge is 0.142 e. The molecule has 0 aliphatic heterocycles. The fraction of sp³-hybridized carbons (Fsp3) is 0.200. The summed E-state index contributed by atoms with van der Waals surface area (Å²) in [6.07, 6.45) is 0. The van der Waals surface area contributed by atoms with E-state index in [1.54, 1.807) is 0 Å². The Morgan fingerprint density at radius 2 is 1.65 bits per heavy atom. The molecule has 0 aliphatic carbocycles. The van der Waals surface area contributed by atoms with Crippen LogP contribution in [-0.4, -0.2) is 6.61 Å². The number of ether oxygens (including phenoxy) is 1. The Labute approximate surface area is 102 Å². The minimum atomic E-state index is 0.633. The first kappa shape index (κ1) is 11.5. The van der Waals surface area contributed by atoms with Crippen LogP contribution in [0, 0.1) is 6.92 Å². The lowest BCUT2D eigenvalue weighted by Gasteiger charge is -2.09. The van der Waals surface area contributed by atoms with Crippen molar-refractivity contribution in [1.82, 2.24) is 0 Å². The zero-order chi connectivity index (χ0) is 12.3. The van der Waals surface area contributed by atoms with Crippen LogP contribution in [0.25, 0.3) is 11.1 Å². The number of anilines is 1. The zero-order valence-electron chi connectivity index (χ0n) is 10.2. The molecule has 0 radical (unpaired) electrons. The number of nitrogen functional groups attached to an aromatic ring is 1. The number of hydrogen-bond donors (Lipinski definition) is 1. The maximum Gasteiger partial charge on any atom is 0.142 e. The van der Waals surface area contributed by atoms with Gasteiger partial charge in [-0.1, -0.05) is 35.9 Å². The summed E-state index contributed by atoms with van der Waals surface area (Å²) in [5, 5.41) is 0. The zero-order valence-corrected chi connectivity index (χ0v) is 10.2. The maximum absolute atomic E-state index is 5.95. The van der Waals surface area contributed by atoms with Crippen molar-refractivity contribution in [3.8, 4) is 16.9 Å². The molecular weight excluding hydrogens is 210 g/mol. The number of rotatable bonds is 3. The van der Waals surface area contributed by atoms with Crippen molar-refractivity contribution in [2.45, 2.75) is 13.8 Å². The second-order valence-electron chi connectivity index (χ2n) is 4.05. The van der Waals surface area contributed by atoms with E-state index in [1.807, 2.05) is 25.1 Å². The summed E-state index contributed by atoms with van der Waals surface area (Å²) in [5.74, 6) is 0.753. The lowest BCUT2D eigenvalue weighted by Crippen LogP contribution is -1.96. The standard InChI is InChI=1S/C15H17NO/c1-3-17-15-9-8-13(10-14(15)16)12-6-4-11(2)5-7-12/h4-10H,3,16H2,1-2H3. The van der Waals surface area contributed by atoms with Crippen LogP contribution in [0.15, 0.2) is 42.5 Å². The van der Waals surface area contributed by atoms with Crippen LogP contribution < -0.4 is 10.5 Å².